The monoisotopic (exact) mass is 434 g/mol. The van der Waals surface area contributed by atoms with Gasteiger partial charge < -0.3 is 9.47 Å². The van der Waals surface area contributed by atoms with Crippen molar-refractivity contribution in [2.24, 2.45) is 0 Å². The number of carbonyl (C=O) groups excluding carboxylic acids is 4. The SMILES string of the molecule is CC(C)(C)OC(=O)C(=O)OOC(C)(C)CCC(C)(C)OOC(=O)C(=O)OC(C)(C)C. The average Bonchev–Trinajstić information content (AvgIpc) is 2.53. The fourth-order valence-corrected chi connectivity index (χ4v) is 1.69. The summed E-state index contributed by atoms with van der Waals surface area (Å²) in [5, 5.41) is 0. The standard InChI is InChI=1S/C20H34O10/c1-17(2,3)25-13(21)15(23)27-29-19(7,8)11-12-20(9,10)30-28-16(24)14(22)26-18(4,5)6/h11-12H2,1-10H3. The number of ether oxygens (including phenoxy) is 2. The second-order valence-corrected chi connectivity index (χ2v) is 9.93. The van der Waals surface area contributed by atoms with Crippen molar-refractivity contribution >= 4 is 23.9 Å². The zero-order valence-corrected chi connectivity index (χ0v) is 19.5. The molecule has 0 spiro atoms. The topological polar surface area (TPSA) is 124 Å². The Morgan fingerprint density at radius 2 is 0.767 bits per heavy atom. The maximum atomic E-state index is 11.7. The Hall–Kier alpha value is -2.20. The van der Waals surface area contributed by atoms with Crippen LogP contribution < -0.4 is 0 Å². The predicted molar refractivity (Wildman–Crippen MR) is 103 cm³/mol. The van der Waals surface area contributed by atoms with Crippen LogP contribution in [0.3, 0.4) is 0 Å². The highest BCUT2D eigenvalue weighted by Crippen LogP contribution is 2.25. The number of esters is 2. The molecule has 0 aliphatic heterocycles. The summed E-state index contributed by atoms with van der Waals surface area (Å²) in [4.78, 5) is 65.7. The van der Waals surface area contributed by atoms with Gasteiger partial charge >= 0.3 is 23.9 Å². The molecule has 0 fully saturated rings. The minimum absolute atomic E-state index is 0.283. The molecule has 0 unspecified atom stereocenters. The van der Waals surface area contributed by atoms with Crippen LogP contribution in [0.5, 0.6) is 0 Å². The second-order valence-electron chi connectivity index (χ2n) is 9.93. The molecule has 0 aromatic rings. The smallest absolute Gasteiger partial charge is 0.449 e. The van der Waals surface area contributed by atoms with E-state index in [0.717, 1.165) is 0 Å². The van der Waals surface area contributed by atoms with Gasteiger partial charge in [0.2, 0.25) is 0 Å². The highest BCUT2D eigenvalue weighted by molar-refractivity contribution is 6.29. The van der Waals surface area contributed by atoms with Gasteiger partial charge in [-0.1, -0.05) is 0 Å². The van der Waals surface area contributed by atoms with Crippen LogP contribution in [-0.4, -0.2) is 46.3 Å². The maximum absolute atomic E-state index is 11.7. The lowest BCUT2D eigenvalue weighted by Gasteiger charge is -2.28. The molecule has 0 amide bonds. The van der Waals surface area contributed by atoms with Crippen LogP contribution in [0.4, 0.5) is 0 Å². The summed E-state index contributed by atoms with van der Waals surface area (Å²) in [5.41, 5.74) is -3.67. The molecule has 0 N–H and O–H groups in total. The molecule has 0 aliphatic rings. The summed E-state index contributed by atoms with van der Waals surface area (Å²) in [6, 6.07) is 0. The van der Waals surface area contributed by atoms with Crippen molar-refractivity contribution in [1.29, 1.82) is 0 Å². The lowest BCUT2D eigenvalue weighted by atomic mass is 9.94. The van der Waals surface area contributed by atoms with E-state index in [0.29, 0.717) is 0 Å². The quantitative estimate of drug-likeness (QED) is 0.256. The lowest BCUT2D eigenvalue weighted by molar-refractivity contribution is -0.339. The number of hydrogen-bond acceptors (Lipinski definition) is 10. The molecule has 174 valence electrons. The Morgan fingerprint density at radius 1 is 0.500 bits per heavy atom. The summed E-state index contributed by atoms with van der Waals surface area (Å²) in [6.45, 7) is 16.2. The highest BCUT2D eigenvalue weighted by atomic mass is 17.2. The fourth-order valence-electron chi connectivity index (χ4n) is 1.69. The third kappa shape index (κ3) is 13.1. The summed E-state index contributed by atoms with van der Waals surface area (Å²) < 4.78 is 9.77. The highest BCUT2D eigenvalue weighted by Gasteiger charge is 2.33. The zero-order valence-electron chi connectivity index (χ0n) is 19.5. The fraction of sp³-hybridized carbons (Fsp3) is 0.800. The summed E-state index contributed by atoms with van der Waals surface area (Å²) in [5.74, 6) is -4.90. The Labute approximate surface area is 177 Å². The third-order valence-electron chi connectivity index (χ3n) is 3.15. The van der Waals surface area contributed by atoms with E-state index in [4.69, 9.17) is 19.2 Å². The first kappa shape index (κ1) is 27.8. The first-order chi connectivity index (χ1) is 13.2. The van der Waals surface area contributed by atoms with E-state index in [1.54, 1.807) is 69.2 Å². The predicted octanol–water partition coefficient (Wildman–Crippen LogP) is 2.96. The van der Waals surface area contributed by atoms with Crippen molar-refractivity contribution in [1.82, 2.24) is 0 Å². The number of hydrogen-bond donors (Lipinski definition) is 0. The van der Waals surface area contributed by atoms with Gasteiger partial charge in [0.05, 0.1) is 0 Å². The molecule has 0 aromatic carbocycles. The third-order valence-corrected chi connectivity index (χ3v) is 3.15. The Bertz CT molecular complexity index is 579. The van der Waals surface area contributed by atoms with Crippen molar-refractivity contribution in [2.75, 3.05) is 0 Å². The van der Waals surface area contributed by atoms with Crippen molar-refractivity contribution in [2.45, 2.75) is 104 Å². The first-order valence-electron chi connectivity index (χ1n) is 9.49. The first-order valence-corrected chi connectivity index (χ1v) is 9.49. The average molecular weight is 434 g/mol. The van der Waals surface area contributed by atoms with Crippen LogP contribution in [0.1, 0.15) is 82.1 Å². The minimum atomic E-state index is -1.28. The van der Waals surface area contributed by atoms with Crippen LogP contribution in [0.15, 0.2) is 0 Å². The van der Waals surface area contributed by atoms with Gasteiger partial charge in [0.1, 0.15) is 22.4 Å². The van der Waals surface area contributed by atoms with Gasteiger partial charge in [0.25, 0.3) is 0 Å². The van der Waals surface area contributed by atoms with Gasteiger partial charge in [-0.2, -0.15) is 9.78 Å². The molecule has 0 bridgehead atoms. The molecule has 10 nitrogen and oxygen atoms in total. The molecule has 0 aromatic heterocycles. The summed E-state index contributed by atoms with van der Waals surface area (Å²) in [7, 11) is 0. The van der Waals surface area contributed by atoms with Crippen molar-refractivity contribution in [3.63, 3.8) is 0 Å². The Morgan fingerprint density at radius 3 is 1.00 bits per heavy atom. The van der Waals surface area contributed by atoms with Crippen molar-refractivity contribution < 1.29 is 48.2 Å². The molecular weight excluding hydrogens is 400 g/mol. The molecule has 0 heterocycles. The van der Waals surface area contributed by atoms with Gasteiger partial charge in [-0.25, -0.2) is 19.2 Å². The molecule has 0 rings (SSSR count). The largest absolute Gasteiger partial charge is 0.451 e. The molecule has 0 atom stereocenters. The second kappa shape index (κ2) is 10.2. The van der Waals surface area contributed by atoms with E-state index in [9.17, 15) is 19.2 Å². The van der Waals surface area contributed by atoms with E-state index in [1.807, 2.05) is 0 Å². The van der Waals surface area contributed by atoms with Gasteiger partial charge in [-0.15, -0.1) is 0 Å². The van der Waals surface area contributed by atoms with Gasteiger partial charge in [0.15, 0.2) is 0 Å². The van der Waals surface area contributed by atoms with Crippen LogP contribution in [0.2, 0.25) is 0 Å². The molecular formula is C20H34O10. The van der Waals surface area contributed by atoms with Crippen LogP contribution >= 0.6 is 0 Å². The Balaban J connectivity index is 4.52. The van der Waals surface area contributed by atoms with E-state index < -0.39 is 46.3 Å². The normalized spacial score (nSPS) is 12.7. The van der Waals surface area contributed by atoms with Crippen molar-refractivity contribution in [3.05, 3.63) is 0 Å². The van der Waals surface area contributed by atoms with Gasteiger partial charge in [0, 0.05) is 0 Å². The molecule has 0 saturated heterocycles. The van der Waals surface area contributed by atoms with Crippen LogP contribution in [-0.2, 0) is 48.2 Å². The van der Waals surface area contributed by atoms with Crippen molar-refractivity contribution in [3.8, 4) is 0 Å². The van der Waals surface area contributed by atoms with E-state index in [-0.39, 0.29) is 12.8 Å². The zero-order chi connectivity index (χ0) is 24.0. The number of carbonyl (C=O) groups is 4. The molecule has 30 heavy (non-hydrogen) atoms. The van der Waals surface area contributed by atoms with Gasteiger partial charge in [-0.05, 0) is 82.1 Å². The van der Waals surface area contributed by atoms with E-state index in [2.05, 4.69) is 9.78 Å². The molecule has 0 saturated carbocycles. The van der Waals surface area contributed by atoms with Crippen LogP contribution in [0, 0.1) is 0 Å². The van der Waals surface area contributed by atoms with Crippen LogP contribution in [0.25, 0.3) is 0 Å². The maximum Gasteiger partial charge on any atom is 0.449 e. The number of rotatable bonds is 7. The minimum Gasteiger partial charge on any atom is -0.451 e. The summed E-state index contributed by atoms with van der Waals surface area (Å²) in [6.07, 6.45) is 0.567. The summed E-state index contributed by atoms with van der Waals surface area (Å²) >= 11 is 0. The lowest BCUT2D eigenvalue weighted by Crippen LogP contribution is -2.36. The molecule has 10 heteroatoms. The van der Waals surface area contributed by atoms with E-state index in [1.165, 1.54) is 0 Å². The Kier molecular flexibility index (Phi) is 9.46. The van der Waals surface area contributed by atoms with E-state index >= 15 is 0 Å². The molecule has 0 aliphatic carbocycles. The van der Waals surface area contributed by atoms with Gasteiger partial charge in [-0.3, -0.25) is 9.78 Å². The molecule has 0 radical (unpaired) electrons.